The molecule has 3 nitrogen and oxygen atoms in total. The zero-order chi connectivity index (χ0) is 14.3. The van der Waals surface area contributed by atoms with Gasteiger partial charge in [0.2, 0.25) is 0 Å². The minimum atomic E-state index is -0.656. The van der Waals surface area contributed by atoms with E-state index < -0.39 is 5.41 Å². The lowest BCUT2D eigenvalue weighted by atomic mass is 9.79. The van der Waals surface area contributed by atoms with Crippen molar-refractivity contribution in [2.24, 2.45) is 5.92 Å². The van der Waals surface area contributed by atoms with Crippen molar-refractivity contribution in [1.82, 2.24) is 0 Å². The first-order chi connectivity index (χ1) is 9.05. The first kappa shape index (κ1) is 16.6. The van der Waals surface area contributed by atoms with Crippen LogP contribution in [0.1, 0.15) is 25.8 Å². The molecule has 1 aromatic rings. The fraction of sp³-hybridized carbons (Fsp3) is 0.600. The molecule has 1 aromatic carbocycles. The SMILES string of the molecule is CC(C)COCCC(CO)(CO)c1ccccc1Br. The largest absolute Gasteiger partial charge is 0.395 e. The van der Waals surface area contributed by atoms with Crippen LogP contribution in [0.4, 0.5) is 0 Å². The summed E-state index contributed by atoms with van der Waals surface area (Å²) in [5.74, 6) is 0.487. The highest BCUT2D eigenvalue weighted by Gasteiger charge is 2.32. The summed E-state index contributed by atoms with van der Waals surface area (Å²) in [4.78, 5) is 0. The van der Waals surface area contributed by atoms with Gasteiger partial charge in [-0.25, -0.2) is 0 Å². The van der Waals surface area contributed by atoms with Crippen molar-refractivity contribution < 1.29 is 14.9 Å². The monoisotopic (exact) mass is 330 g/mol. The average molecular weight is 331 g/mol. The highest BCUT2D eigenvalue weighted by atomic mass is 79.9. The number of benzene rings is 1. The van der Waals surface area contributed by atoms with E-state index in [2.05, 4.69) is 29.8 Å². The lowest BCUT2D eigenvalue weighted by Gasteiger charge is -2.31. The Bertz CT molecular complexity index is 375. The van der Waals surface area contributed by atoms with Gasteiger partial charge >= 0.3 is 0 Å². The van der Waals surface area contributed by atoms with Crippen LogP contribution >= 0.6 is 15.9 Å². The summed E-state index contributed by atoms with van der Waals surface area (Å²) in [6.45, 7) is 5.22. The van der Waals surface area contributed by atoms with Crippen molar-refractivity contribution in [2.75, 3.05) is 26.4 Å². The Morgan fingerprint density at radius 1 is 1.21 bits per heavy atom. The first-order valence-electron chi connectivity index (χ1n) is 6.60. The highest BCUT2D eigenvalue weighted by Crippen LogP contribution is 2.33. The van der Waals surface area contributed by atoms with Gasteiger partial charge < -0.3 is 14.9 Å². The van der Waals surface area contributed by atoms with Crippen molar-refractivity contribution in [2.45, 2.75) is 25.7 Å². The highest BCUT2D eigenvalue weighted by molar-refractivity contribution is 9.10. The van der Waals surface area contributed by atoms with Crippen LogP contribution in [0, 0.1) is 5.92 Å². The van der Waals surface area contributed by atoms with Crippen LogP contribution in [0.15, 0.2) is 28.7 Å². The molecule has 4 heteroatoms. The minimum Gasteiger partial charge on any atom is -0.395 e. The maximum Gasteiger partial charge on any atom is 0.0551 e. The molecule has 0 unspecified atom stereocenters. The molecule has 0 aromatic heterocycles. The molecule has 0 bridgehead atoms. The Kier molecular flexibility index (Phi) is 7.00. The molecule has 19 heavy (non-hydrogen) atoms. The Hall–Kier alpha value is -0.420. The van der Waals surface area contributed by atoms with Gasteiger partial charge in [0.25, 0.3) is 0 Å². The fourth-order valence-electron chi connectivity index (χ4n) is 1.99. The van der Waals surface area contributed by atoms with Gasteiger partial charge in [0.15, 0.2) is 0 Å². The third kappa shape index (κ3) is 4.56. The van der Waals surface area contributed by atoms with Crippen LogP contribution < -0.4 is 0 Å². The second-order valence-corrected chi connectivity index (χ2v) is 6.15. The zero-order valence-electron chi connectivity index (χ0n) is 11.6. The molecule has 108 valence electrons. The number of hydrogen-bond donors (Lipinski definition) is 2. The predicted octanol–water partition coefficient (Wildman–Crippen LogP) is 2.73. The van der Waals surface area contributed by atoms with Gasteiger partial charge in [-0.1, -0.05) is 48.0 Å². The van der Waals surface area contributed by atoms with E-state index in [-0.39, 0.29) is 13.2 Å². The van der Waals surface area contributed by atoms with Gasteiger partial charge in [0, 0.05) is 23.1 Å². The second kappa shape index (κ2) is 8.00. The van der Waals surface area contributed by atoms with Crippen LogP contribution in [0.3, 0.4) is 0 Å². The lowest BCUT2D eigenvalue weighted by molar-refractivity contribution is 0.0533. The predicted molar refractivity (Wildman–Crippen MR) is 80.3 cm³/mol. The van der Waals surface area contributed by atoms with Gasteiger partial charge in [-0.3, -0.25) is 0 Å². The van der Waals surface area contributed by atoms with E-state index in [1.54, 1.807) is 0 Å². The van der Waals surface area contributed by atoms with Crippen LogP contribution in [0.5, 0.6) is 0 Å². The lowest BCUT2D eigenvalue weighted by Crippen LogP contribution is -2.36. The number of hydrogen-bond acceptors (Lipinski definition) is 3. The van der Waals surface area contributed by atoms with Crippen LogP contribution in [0.25, 0.3) is 0 Å². The third-order valence-corrected chi connectivity index (χ3v) is 3.92. The summed E-state index contributed by atoms with van der Waals surface area (Å²) in [6.07, 6.45) is 0.593. The molecule has 0 atom stereocenters. The van der Waals surface area contributed by atoms with Gasteiger partial charge in [-0.05, 0) is 24.0 Å². The van der Waals surface area contributed by atoms with Crippen LogP contribution in [-0.4, -0.2) is 36.6 Å². The number of aliphatic hydroxyl groups excluding tert-OH is 2. The molecule has 0 amide bonds. The van der Waals surface area contributed by atoms with Crippen molar-refractivity contribution >= 4 is 15.9 Å². The Labute approximate surface area is 123 Å². The van der Waals surface area contributed by atoms with Crippen molar-refractivity contribution in [1.29, 1.82) is 0 Å². The van der Waals surface area contributed by atoms with E-state index in [0.29, 0.717) is 25.6 Å². The molecule has 0 saturated carbocycles. The van der Waals surface area contributed by atoms with Gasteiger partial charge in [-0.2, -0.15) is 0 Å². The number of aliphatic hydroxyl groups is 2. The molecule has 0 spiro atoms. The summed E-state index contributed by atoms with van der Waals surface area (Å²) < 4.78 is 6.48. The summed E-state index contributed by atoms with van der Waals surface area (Å²) in [6, 6.07) is 7.68. The smallest absolute Gasteiger partial charge is 0.0551 e. The molecule has 0 heterocycles. The summed E-state index contributed by atoms with van der Waals surface area (Å²) in [5.41, 5.74) is 0.269. The molecule has 0 radical (unpaired) electrons. The Morgan fingerprint density at radius 2 is 1.84 bits per heavy atom. The maximum atomic E-state index is 9.73. The van der Waals surface area contributed by atoms with Crippen molar-refractivity contribution in [3.63, 3.8) is 0 Å². The van der Waals surface area contributed by atoms with E-state index >= 15 is 0 Å². The molecule has 0 aliphatic carbocycles. The van der Waals surface area contributed by atoms with Crippen molar-refractivity contribution in [3.8, 4) is 0 Å². The van der Waals surface area contributed by atoms with Crippen LogP contribution in [0.2, 0.25) is 0 Å². The Morgan fingerprint density at radius 3 is 2.37 bits per heavy atom. The summed E-state index contributed by atoms with van der Waals surface area (Å²) in [5, 5.41) is 19.5. The van der Waals surface area contributed by atoms with E-state index in [4.69, 9.17) is 4.74 Å². The fourth-order valence-corrected chi connectivity index (χ4v) is 2.70. The minimum absolute atomic E-state index is 0.100. The Balaban J connectivity index is 2.77. The quantitative estimate of drug-likeness (QED) is 0.720. The molecule has 2 N–H and O–H groups in total. The molecule has 0 saturated heterocycles. The molecular formula is C15H23BrO3. The number of halogens is 1. The maximum absolute atomic E-state index is 9.73. The van der Waals surface area contributed by atoms with Crippen LogP contribution in [-0.2, 0) is 10.2 Å². The molecular weight excluding hydrogens is 308 g/mol. The summed E-state index contributed by atoms with van der Waals surface area (Å²) in [7, 11) is 0. The molecule has 1 rings (SSSR count). The number of rotatable bonds is 8. The molecule has 0 fully saturated rings. The number of ether oxygens (including phenoxy) is 1. The normalized spacial score (nSPS) is 12.1. The first-order valence-corrected chi connectivity index (χ1v) is 7.39. The molecule has 0 aliphatic rings. The van der Waals surface area contributed by atoms with Gasteiger partial charge in [0.1, 0.15) is 0 Å². The van der Waals surface area contributed by atoms with E-state index in [0.717, 1.165) is 10.0 Å². The third-order valence-electron chi connectivity index (χ3n) is 3.23. The van der Waals surface area contributed by atoms with E-state index in [9.17, 15) is 10.2 Å². The van der Waals surface area contributed by atoms with E-state index in [1.165, 1.54) is 0 Å². The molecule has 0 aliphatic heterocycles. The van der Waals surface area contributed by atoms with Gasteiger partial charge in [-0.15, -0.1) is 0 Å². The zero-order valence-corrected chi connectivity index (χ0v) is 13.2. The topological polar surface area (TPSA) is 49.7 Å². The van der Waals surface area contributed by atoms with Gasteiger partial charge in [0.05, 0.1) is 13.2 Å². The second-order valence-electron chi connectivity index (χ2n) is 5.30. The van der Waals surface area contributed by atoms with Crippen molar-refractivity contribution in [3.05, 3.63) is 34.3 Å². The summed E-state index contributed by atoms with van der Waals surface area (Å²) >= 11 is 3.48. The van der Waals surface area contributed by atoms with E-state index in [1.807, 2.05) is 24.3 Å². The average Bonchev–Trinajstić information content (AvgIpc) is 2.40. The standard InChI is InChI=1S/C15H23BrO3/c1-12(2)9-19-8-7-15(10-17,11-18)13-5-3-4-6-14(13)16/h3-6,12,17-18H,7-11H2,1-2H3.